The summed E-state index contributed by atoms with van der Waals surface area (Å²) in [6.45, 7) is 3.11. The fraction of sp³-hybridized carbons (Fsp3) is 0.583. The van der Waals surface area contributed by atoms with Crippen molar-refractivity contribution in [3.05, 3.63) is 18.3 Å². The monoisotopic (exact) mass is 319 g/mol. The quantitative estimate of drug-likeness (QED) is 0.662. The van der Waals surface area contributed by atoms with Gasteiger partial charge in [-0.15, -0.1) is 0 Å². The molecule has 1 atom stereocenters. The van der Waals surface area contributed by atoms with Crippen molar-refractivity contribution in [2.24, 2.45) is 0 Å². The highest BCUT2D eigenvalue weighted by molar-refractivity contribution is 7.89. The third kappa shape index (κ3) is 5.98. The molecule has 0 saturated carbocycles. The summed E-state index contributed by atoms with van der Waals surface area (Å²) >= 11 is 0. The molecule has 2 N–H and O–H groups in total. The normalized spacial score (nSPS) is 13.1. The third-order valence-corrected chi connectivity index (χ3v) is 4.81. The van der Waals surface area contributed by atoms with E-state index in [2.05, 4.69) is 15.0 Å². The average molecular weight is 319 g/mol. The number of anilines is 1. The zero-order chi connectivity index (χ0) is 15.0. The van der Waals surface area contributed by atoms with E-state index in [1.54, 1.807) is 12.3 Å². The lowest BCUT2D eigenvalue weighted by Crippen LogP contribution is -2.25. The second kappa shape index (κ2) is 8.33. The van der Waals surface area contributed by atoms with Crippen LogP contribution in [-0.2, 0) is 20.8 Å². The molecule has 0 aliphatic carbocycles. The number of nitrogens with one attached hydrogen (secondary N) is 2. The van der Waals surface area contributed by atoms with Gasteiger partial charge in [0, 0.05) is 42.1 Å². The smallest absolute Gasteiger partial charge is 0.242 e. The fourth-order valence-electron chi connectivity index (χ4n) is 1.46. The largest absolute Gasteiger partial charge is 0.370 e. The standard InChI is InChI=1S/C12H21N3O3S2/c1-3-7-13-12-6-5-11(10-14-12)20(17,18)15-8-4-9-19(2)16/h5-6,10,15H,3-4,7-9H2,1-2H3,(H,13,14). The molecule has 0 aliphatic rings. The van der Waals surface area contributed by atoms with E-state index < -0.39 is 20.8 Å². The van der Waals surface area contributed by atoms with Crippen molar-refractivity contribution >= 4 is 26.6 Å². The van der Waals surface area contributed by atoms with E-state index in [4.69, 9.17) is 0 Å². The molecule has 114 valence electrons. The summed E-state index contributed by atoms with van der Waals surface area (Å²) in [5.41, 5.74) is 0. The first-order valence-corrected chi connectivity index (χ1v) is 9.66. The lowest BCUT2D eigenvalue weighted by molar-refractivity contribution is 0.580. The number of aromatic nitrogens is 1. The highest BCUT2D eigenvalue weighted by Gasteiger charge is 2.13. The molecule has 1 heterocycles. The van der Waals surface area contributed by atoms with Crippen LogP contribution in [0.4, 0.5) is 5.82 Å². The summed E-state index contributed by atoms with van der Waals surface area (Å²) in [7, 11) is -4.43. The van der Waals surface area contributed by atoms with Gasteiger partial charge in [0.2, 0.25) is 10.0 Å². The van der Waals surface area contributed by atoms with E-state index in [9.17, 15) is 12.6 Å². The molecule has 1 rings (SSSR count). The van der Waals surface area contributed by atoms with Crippen molar-refractivity contribution in [3.8, 4) is 0 Å². The Morgan fingerprint density at radius 1 is 1.30 bits per heavy atom. The maximum atomic E-state index is 12.0. The lowest BCUT2D eigenvalue weighted by Gasteiger charge is -2.07. The zero-order valence-electron chi connectivity index (χ0n) is 11.8. The summed E-state index contributed by atoms with van der Waals surface area (Å²) in [6, 6.07) is 3.16. The van der Waals surface area contributed by atoms with Gasteiger partial charge in [-0.2, -0.15) is 0 Å². The van der Waals surface area contributed by atoms with Crippen molar-refractivity contribution in [1.82, 2.24) is 9.71 Å². The van der Waals surface area contributed by atoms with Crippen LogP contribution in [-0.4, -0.2) is 42.7 Å². The van der Waals surface area contributed by atoms with Crippen LogP contribution in [0.1, 0.15) is 19.8 Å². The first-order valence-electron chi connectivity index (χ1n) is 6.45. The van der Waals surface area contributed by atoms with Gasteiger partial charge in [0.1, 0.15) is 10.7 Å². The maximum absolute atomic E-state index is 12.0. The summed E-state index contributed by atoms with van der Waals surface area (Å²) in [4.78, 5) is 4.20. The molecule has 0 aromatic carbocycles. The minimum atomic E-state index is -3.53. The van der Waals surface area contributed by atoms with Gasteiger partial charge in [0.25, 0.3) is 0 Å². The molecule has 0 fully saturated rings. The molecule has 0 radical (unpaired) electrons. The molecule has 8 heteroatoms. The third-order valence-electron chi connectivity index (χ3n) is 2.50. The molecule has 1 unspecified atom stereocenters. The number of sulfonamides is 1. The van der Waals surface area contributed by atoms with E-state index >= 15 is 0 Å². The van der Waals surface area contributed by atoms with Crippen LogP contribution in [0.3, 0.4) is 0 Å². The molecule has 6 nitrogen and oxygen atoms in total. The molecule has 0 saturated heterocycles. The highest BCUT2D eigenvalue weighted by Crippen LogP contribution is 2.10. The van der Waals surface area contributed by atoms with Crippen molar-refractivity contribution in [2.75, 3.05) is 30.4 Å². The van der Waals surface area contributed by atoms with Crippen LogP contribution < -0.4 is 10.0 Å². The first kappa shape index (κ1) is 17.1. The number of nitrogens with zero attached hydrogens (tertiary/aromatic N) is 1. The van der Waals surface area contributed by atoms with E-state index in [0.717, 1.165) is 13.0 Å². The second-order valence-electron chi connectivity index (χ2n) is 4.33. The molecule has 0 spiro atoms. The van der Waals surface area contributed by atoms with Gasteiger partial charge in [-0.05, 0) is 25.0 Å². The SMILES string of the molecule is CCCNc1ccc(S(=O)(=O)NCCCS(C)=O)cn1. The Balaban J connectivity index is 2.56. The van der Waals surface area contributed by atoms with Gasteiger partial charge >= 0.3 is 0 Å². The van der Waals surface area contributed by atoms with Crippen LogP contribution in [0.15, 0.2) is 23.2 Å². The van der Waals surface area contributed by atoms with Crippen LogP contribution in [0.5, 0.6) is 0 Å². The van der Waals surface area contributed by atoms with Crippen molar-refractivity contribution in [3.63, 3.8) is 0 Å². The van der Waals surface area contributed by atoms with Crippen molar-refractivity contribution in [1.29, 1.82) is 0 Å². The van der Waals surface area contributed by atoms with Crippen LogP contribution in [0.2, 0.25) is 0 Å². The van der Waals surface area contributed by atoms with Crippen molar-refractivity contribution < 1.29 is 12.6 Å². The molecule has 0 bridgehead atoms. The van der Waals surface area contributed by atoms with Crippen LogP contribution in [0.25, 0.3) is 0 Å². The summed E-state index contributed by atoms with van der Waals surface area (Å²) in [6.07, 6.45) is 4.45. The molecule has 1 aromatic heterocycles. The Hall–Kier alpha value is -0.990. The van der Waals surface area contributed by atoms with Crippen molar-refractivity contribution in [2.45, 2.75) is 24.7 Å². The minimum Gasteiger partial charge on any atom is -0.370 e. The molecule has 1 aromatic rings. The molecule has 0 amide bonds. The summed E-state index contributed by atoms with van der Waals surface area (Å²) in [5, 5.41) is 3.08. The minimum absolute atomic E-state index is 0.136. The van der Waals surface area contributed by atoms with Crippen LogP contribution >= 0.6 is 0 Å². The Morgan fingerprint density at radius 2 is 2.05 bits per heavy atom. The van der Waals surface area contributed by atoms with Gasteiger partial charge in [0.15, 0.2) is 0 Å². The van der Waals surface area contributed by atoms with E-state index in [-0.39, 0.29) is 11.4 Å². The Labute approximate surface area is 122 Å². The van der Waals surface area contributed by atoms with Gasteiger partial charge in [-0.1, -0.05) is 6.92 Å². The summed E-state index contributed by atoms with van der Waals surface area (Å²) < 4.78 is 37.3. The number of hydrogen-bond donors (Lipinski definition) is 2. The topological polar surface area (TPSA) is 88.2 Å². The Morgan fingerprint density at radius 3 is 2.60 bits per heavy atom. The second-order valence-corrected chi connectivity index (χ2v) is 7.66. The summed E-state index contributed by atoms with van der Waals surface area (Å²) in [5.74, 6) is 1.15. The van der Waals surface area contributed by atoms with E-state index in [1.807, 2.05) is 6.92 Å². The Bertz CT molecular complexity index is 529. The van der Waals surface area contributed by atoms with Crippen LogP contribution in [0, 0.1) is 0 Å². The highest BCUT2D eigenvalue weighted by atomic mass is 32.2. The molecular weight excluding hydrogens is 298 g/mol. The van der Waals surface area contributed by atoms with E-state index in [1.165, 1.54) is 12.3 Å². The predicted octanol–water partition coefficient (Wildman–Crippen LogP) is 0.950. The van der Waals surface area contributed by atoms with Gasteiger partial charge in [-0.25, -0.2) is 18.1 Å². The number of hydrogen-bond acceptors (Lipinski definition) is 5. The molecule has 0 aliphatic heterocycles. The molecular formula is C12H21N3O3S2. The lowest BCUT2D eigenvalue weighted by atomic mass is 10.4. The predicted molar refractivity (Wildman–Crippen MR) is 81.8 cm³/mol. The fourth-order valence-corrected chi connectivity index (χ4v) is 3.03. The molecule has 20 heavy (non-hydrogen) atoms. The average Bonchev–Trinajstić information content (AvgIpc) is 2.42. The van der Waals surface area contributed by atoms with Gasteiger partial charge in [0.05, 0.1) is 0 Å². The Kier molecular flexibility index (Phi) is 7.11. The maximum Gasteiger partial charge on any atom is 0.242 e. The first-order chi connectivity index (χ1) is 9.45. The van der Waals surface area contributed by atoms with E-state index in [0.29, 0.717) is 18.0 Å². The van der Waals surface area contributed by atoms with Gasteiger partial charge < -0.3 is 5.32 Å². The van der Waals surface area contributed by atoms with Gasteiger partial charge in [-0.3, -0.25) is 4.21 Å². The number of pyridine rings is 1. The number of rotatable bonds is 9. The zero-order valence-corrected chi connectivity index (χ0v) is 13.4.